The molecule has 1 aliphatic heterocycles. The second-order valence-corrected chi connectivity index (χ2v) is 6.85. The van der Waals surface area contributed by atoms with Gasteiger partial charge in [-0.15, -0.1) is 0 Å². The van der Waals surface area contributed by atoms with Gasteiger partial charge in [0, 0.05) is 37.0 Å². The van der Waals surface area contributed by atoms with Crippen LogP contribution in [0.2, 0.25) is 0 Å². The van der Waals surface area contributed by atoms with Crippen molar-refractivity contribution in [2.24, 2.45) is 11.7 Å². The maximum Gasteiger partial charge on any atom is 0.316 e. The Bertz CT molecular complexity index is 945. The van der Waals surface area contributed by atoms with Crippen molar-refractivity contribution in [3.63, 3.8) is 0 Å². The highest BCUT2D eigenvalue weighted by molar-refractivity contribution is 6.00. The van der Waals surface area contributed by atoms with Gasteiger partial charge in [-0.25, -0.2) is 4.79 Å². The van der Waals surface area contributed by atoms with Crippen molar-refractivity contribution < 1.29 is 23.9 Å². The SMILES string of the molecule is COc1ccc(N2CC(C(=O)NCc3ccc(NC(N)=O)cc3)CC2=O)cc1OC. The first kappa shape index (κ1) is 21.0. The molecule has 0 aromatic heterocycles. The van der Waals surface area contributed by atoms with Gasteiger partial charge < -0.3 is 30.7 Å². The maximum absolute atomic E-state index is 12.6. The van der Waals surface area contributed by atoms with E-state index in [1.807, 2.05) is 0 Å². The molecule has 4 N–H and O–H groups in total. The number of anilines is 2. The van der Waals surface area contributed by atoms with E-state index >= 15 is 0 Å². The summed E-state index contributed by atoms with van der Waals surface area (Å²) in [6, 6.07) is 11.5. The highest BCUT2D eigenvalue weighted by Crippen LogP contribution is 2.34. The molecule has 0 aliphatic carbocycles. The number of urea groups is 1. The van der Waals surface area contributed by atoms with Crippen LogP contribution < -0.4 is 30.7 Å². The summed E-state index contributed by atoms with van der Waals surface area (Å²) in [5.41, 5.74) is 7.17. The minimum absolute atomic E-state index is 0.121. The lowest BCUT2D eigenvalue weighted by Gasteiger charge is -2.18. The maximum atomic E-state index is 12.6. The van der Waals surface area contributed by atoms with Gasteiger partial charge in [0.2, 0.25) is 11.8 Å². The third-order valence-electron chi connectivity index (χ3n) is 4.86. The molecule has 4 amide bonds. The summed E-state index contributed by atoms with van der Waals surface area (Å²) in [4.78, 5) is 37.5. The third kappa shape index (κ3) is 4.80. The van der Waals surface area contributed by atoms with Gasteiger partial charge in [-0.05, 0) is 29.8 Å². The van der Waals surface area contributed by atoms with Crippen molar-refractivity contribution in [1.82, 2.24) is 5.32 Å². The molecule has 2 aromatic carbocycles. The van der Waals surface area contributed by atoms with Crippen LogP contribution in [-0.2, 0) is 16.1 Å². The summed E-state index contributed by atoms with van der Waals surface area (Å²) in [6.07, 6.45) is 0.141. The lowest BCUT2D eigenvalue weighted by molar-refractivity contribution is -0.126. The molecule has 1 atom stereocenters. The molecule has 158 valence electrons. The number of carbonyl (C=O) groups excluding carboxylic acids is 3. The number of amides is 4. The Labute approximate surface area is 174 Å². The first-order chi connectivity index (χ1) is 14.4. The van der Waals surface area contributed by atoms with Crippen molar-refractivity contribution in [2.45, 2.75) is 13.0 Å². The summed E-state index contributed by atoms with van der Waals surface area (Å²) in [5.74, 6) is 0.334. The Morgan fingerprint density at radius 3 is 2.43 bits per heavy atom. The topological polar surface area (TPSA) is 123 Å². The Balaban J connectivity index is 1.59. The largest absolute Gasteiger partial charge is 0.493 e. The minimum atomic E-state index is -0.638. The molecule has 30 heavy (non-hydrogen) atoms. The number of hydrogen-bond donors (Lipinski definition) is 3. The second-order valence-electron chi connectivity index (χ2n) is 6.85. The monoisotopic (exact) mass is 412 g/mol. The van der Waals surface area contributed by atoms with Gasteiger partial charge in [0.05, 0.1) is 20.1 Å². The number of primary amides is 1. The first-order valence-electron chi connectivity index (χ1n) is 9.36. The van der Waals surface area contributed by atoms with Crippen LogP contribution in [0.4, 0.5) is 16.2 Å². The van der Waals surface area contributed by atoms with Crippen molar-refractivity contribution in [2.75, 3.05) is 31.0 Å². The standard InChI is InChI=1S/C21H24N4O5/c1-29-17-8-7-16(10-18(17)30-2)25-12-14(9-19(25)26)20(27)23-11-13-3-5-15(6-4-13)24-21(22)28/h3-8,10,14H,9,11-12H2,1-2H3,(H,23,27)(H3,22,24,28). The number of methoxy groups -OCH3 is 2. The molecule has 1 heterocycles. The zero-order chi connectivity index (χ0) is 21.7. The normalized spacial score (nSPS) is 15.6. The van der Waals surface area contributed by atoms with Gasteiger partial charge in [-0.2, -0.15) is 0 Å². The van der Waals surface area contributed by atoms with Crippen LogP contribution in [0.3, 0.4) is 0 Å². The average molecular weight is 412 g/mol. The number of ether oxygens (including phenoxy) is 2. The van der Waals surface area contributed by atoms with Crippen LogP contribution >= 0.6 is 0 Å². The Morgan fingerprint density at radius 2 is 1.80 bits per heavy atom. The number of nitrogens with one attached hydrogen (secondary N) is 2. The summed E-state index contributed by atoms with van der Waals surface area (Å²) in [7, 11) is 3.07. The fraction of sp³-hybridized carbons (Fsp3) is 0.286. The number of hydrogen-bond acceptors (Lipinski definition) is 5. The number of carbonyl (C=O) groups is 3. The lowest BCUT2D eigenvalue weighted by Crippen LogP contribution is -2.32. The van der Waals surface area contributed by atoms with E-state index in [1.165, 1.54) is 7.11 Å². The zero-order valence-corrected chi connectivity index (χ0v) is 16.8. The van der Waals surface area contributed by atoms with E-state index in [0.29, 0.717) is 36.0 Å². The van der Waals surface area contributed by atoms with Crippen LogP contribution in [-0.4, -0.2) is 38.6 Å². The number of rotatable bonds is 7. The van der Waals surface area contributed by atoms with Crippen LogP contribution in [0.15, 0.2) is 42.5 Å². The van der Waals surface area contributed by atoms with Crippen LogP contribution in [0.25, 0.3) is 0 Å². The van der Waals surface area contributed by atoms with Gasteiger partial charge in [0.25, 0.3) is 0 Å². The zero-order valence-electron chi connectivity index (χ0n) is 16.8. The molecule has 0 radical (unpaired) electrons. The van der Waals surface area contributed by atoms with E-state index in [4.69, 9.17) is 15.2 Å². The van der Waals surface area contributed by atoms with Gasteiger partial charge in [0.15, 0.2) is 11.5 Å². The van der Waals surface area contributed by atoms with Crippen molar-refractivity contribution in [1.29, 1.82) is 0 Å². The predicted octanol–water partition coefficient (Wildman–Crippen LogP) is 1.86. The number of benzene rings is 2. The fourth-order valence-electron chi connectivity index (χ4n) is 3.31. The predicted molar refractivity (Wildman–Crippen MR) is 112 cm³/mol. The van der Waals surface area contributed by atoms with Crippen LogP contribution in [0.1, 0.15) is 12.0 Å². The molecule has 2 aromatic rings. The third-order valence-corrected chi connectivity index (χ3v) is 4.86. The molecule has 1 fully saturated rings. The Morgan fingerprint density at radius 1 is 1.10 bits per heavy atom. The van der Waals surface area contributed by atoms with E-state index in [2.05, 4.69) is 10.6 Å². The molecular weight excluding hydrogens is 388 g/mol. The van der Waals surface area contributed by atoms with E-state index in [-0.39, 0.29) is 18.2 Å². The van der Waals surface area contributed by atoms with E-state index in [0.717, 1.165) is 5.56 Å². The van der Waals surface area contributed by atoms with Gasteiger partial charge >= 0.3 is 6.03 Å². The molecule has 0 saturated carbocycles. The Hall–Kier alpha value is -3.75. The number of nitrogens with zero attached hydrogens (tertiary/aromatic N) is 1. The van der Waals surface area contributed by atoms with Crippen molar-refractivity contribution in [3.05, 3.63) is 48.0 Å². The smallest absolute Gasteiger partial charge is 0.316 e. The van der Waals surface area contributed by atoms with Gasteiger partial charge in [-0.1, -0.05) is 12.1 Å². The Kier molecular flexibility index (Phi) is 6.41. The van der Waals surface area contributed by atoms with Gasteiger partial charge in [0.1, 0.15) is 0 Å². The van der Waals surface area contributed by atoms with E-state index in [1.54, 1.807) is 54.5 Å². The molecule has 9 heteroatoms. The molecule has 3 rings (SSSR count). The summed E-state index contributed by atoms with van der Waals surface area (Å²) >= 11 is 0. The number of nitrogens with two attached hydrogens (primary N) is 1. The molecule has 0 spiro atoms. The van der Waals surface area contributed by atoms with Crippen LogP contribution in [0.5, 0.6) is 11.5 Å². The molecule has 1 unspecified atom stereocenters. The highest BCUT2D eigenvalue weighted by Gasteiger charge is 2.35. The molecule has 0 bridgehead atoms. The van der Waals surface area contributed by atoms with Crippen molar-refractivity contribution in [3.8, 4) is 11.5 Å². The summed E-state index contributed by atoms with van der Waals surface area (Å²) < 4.78 is 10.5. The first-order valence-corrected chi connectivity index (χ1v) is 9.36. The molecule has 1 aliphatic rings. The lowest BCUT2D eigenvalue weighted by atomic mass is 10.1. The van der Waals surface area contributed by atoms with Crippen molar-refractivity contribution >= 4 is 29.2 Å². The molecule has 9 nitrogen and oxygen atoms in total. The van der Waals surface area contributed by atoms with Gasteiger partial charge in [-0.3, -0.25) is 9.59 Å². The molecular formula is C21H24N4O5. The highest BCUT2D eigenvalue weighted by atomic mass is 16.5. The fourth-order valence-corrected chi connectivity index (χ4v) is 3.31. The summed E-state index contributed by atoms with van der Waals surface area (Å²) in [6.45, 7) is 0.609. The quantitative estimate of drug-likeness (QED) is 0.641. The molecule has 1 saturated heterocycles. The summed E-state index contributed by atoms with van der Waals surface area (Å²) in [5, 5.41) is 5.33. The van der Waals surface area contributed by atoms with E-state index < -0.39 is 11.9 Å². The second kappa shape index (κ2) is 9.17. The van der Waals surface area contributed by atoms with Crippen LogP contribution in [0, 0.1) is 5.92 Å². The average Bonchev–Trinajstić information content (AvgIpc) is 3.13. The van der Waals surface area contributed by atoms with E-state index in [9.17, 15) is 14.4 Å². The minimum Gasteiger partial charge on any atom is -0.493 e.